The number of hydrogen-bond acceptors (Lipinski definition) is 6. The summed E-state index contributed by atoms with van der Waals surface area (Å²) in [6.07, 6.45) is 3.56. The van der Waals surface area contributed by atoms with Crippen LogP contribution in [0, 0.1) is 0 Å². The summed E-state index contributed by atoms with van der Waals surface area (Å²) in [4.78, 5) is 38.6. The van der Waals surface area contributed by atoms with Crippen molar-refractivity contribution in [2.24, 2.45) is 0 Å². The maximum Gasteiger partial charge on any atom is 0.308 e. The van der Waals surface area contributed by atoms with Gasteiger partial charge in [-0.15, -0.1) is 0 Å². The highest BCUT2D eigenvalue weighted by Gasteiger charge is 2.34. The lowest BCUT2D eigenvalue weighted by Crippen LogP contribution is -2.60. The number of unbranched alkanes of at least 4 members (excludes halogenated alkanes) is 2. The van der Waals surface area contributed by atoms with Crippen LogP contribution in [0.4, 0.5) is 0 Å². The van der Waals surface area contributed by atoms with E-state index in [1.54, 1.807) is 29.2 Å². The zero-order valence-electron chi connectivity index (χ0n) is 18.1. The van der Waals surface area contributed by atoms with Gasteiger partial charge in [0.1, 0.15) is 11.8 Å². The van der Waals surface area contributed by atoms with Crippen LogP contribution in [0.1, 0.15) is 56.3 Å². The Hall–Kier alpha value is -2.68. The Morgan fingerprint density at radius 1 is 1.16 bits per heavy atom. The number of benzene rings is 1. The van der Waals surface area contributed by atoms with Crippen molar-refractivity contribution in [3.8, 4) is 5.75 Å². The number of ether oxygens (including phenoxy) is 2. The molecule has 8 nitrogen and oxygen atoms in total. The van der Waals surface area contributed by atoms with Crippen LogP contribution in [-0.4, -0.2) is 60.1 Å². The Kier molecular flexibility index (Phi) is 10.2. The first kappa shape index (κ1) is 24.6. The quantitative estimate of drug-likeness (QED) is 0.322. The molecule has 0 saturated carbocycles. The lowest BCUT2D eigenvalue weighted by Gasteiger charge is -2.36. The van der Waals surface area contributed by atoms with Gasteiger partial charge in [0, 0.05) is 18.7 Å². The molecular formula is C22H31N3O5S. The normalized spacial score (nSPS) is 15.7. The van der Waals surface area contributed by atoms with E-state index in [2.05, 4.69) is 17.6 Å². The number of rotatable bonds is 10. The van der Waals surface area contributed by atoms with Gasteiger partial charge in [0.2, 0.25) is 5.91 Å². The molecule has 2 rings (SSSR count). The van der Waals surface area contributed by atoms with E-state index in [-0.39, 0.29) is 23.3 Å². The maximum atomic E-state index is 12.6. The van der Waals surface area contributed by atoms with Gasteiger partial charge in [-0.3, -0.25) is 19.7 Å². The molecule has 1 aromatic carbocycles. The smallest absolute Gasteiger partial charge is 0.308 e. The van der Waals surface area contributed by atoms with Crippen molar-refractivity contribution in [2.45, 2.75) is 52.0 Å². The third-order valence-electron chi connectivity index (χ3n) is 4.82. The van der Waals surface area contributed by atoms with Crippen LogP contribution in [0.15, 0.2) is 24.3 Å². The molecule has 1 atom stereocenters. The molecule has 1 unspecified atom stereocenters. The van der Waals surface area contributed by atoms with Gasteiger partial charge < -0.3 is 19.7 Å². The zero-order chi connectivity index (χ0) is 22.6. The molecule has 9 heteroatoms. The molecule has 1 saturated heterocycles. The van der Waals surface area contributed by atoms with Gasteiger partial charge in [-0.05, 0) is 49.3 Å². The zero-order valence-corrected chi connectivity index (χ0v) is 19.0. The van der Waals surface area contributed by atoms with E-state index >= 15 is 0 Å². The average Bonchev–Trinajstić information content (AvgIpc) is 2.76. The second-order valence-electron chi connectivity index (χ2n) is 7.26. The molecule has 1 aliphatic heterocycles. The van der Waals surface area contributed by atoms with E-state index in [0.717, 1.165) is 25.7 Å². The fourth-order valence-electron chi connectivity index (χ4n) is 2.99. The molecule has 1 heterocycles. The van der Waals surface area contributed by atoms with Gasteiger partial charge in [-0.25, -0.2) is 0 Å². The fourth-order valence-corrected chi connectivity index (χ4v) is 3.30. The summed E-state index contributed by atoms with van der Waals surface area (Å²) in [6.45, 7) is 5.81. The molecule has 1 aliphatic rings. The highest BCUT2D eigenvalue weighted by Crippen LogP contribution is 2.14. The molecule has 0 aromatic heterocycles. The summed E-state index contributed by atoms with van der Waals surface area (Å²) >= 11 is 5.37. The Labute approximate surface area is 188 Å². The maximum absolute atomic E-state index is 12.6. The molecule has 1 aromatic rings. The van der Waals surface area contributed by atoms with Crippen LogP contribution in [0.2, 0.25) is 0 Å². The number of nitrogens with zero attached hydrogens (tertiary/aromatic N) is 1. The number of hydrogen-bond donors (Lipinski definition) is 2. The van der Waals surface area contributed by atoms with E-state index in [4.69, 9.17) is 21.7 Å². The van der Waals surface area contributed by atoms with Crippen molar-refractivity contribution in [3.63, 3.8) is 0 Å². The number of piperazine rings is 1. The highest BCUT2D eigenvalue weighted by atomic mass is 32.1. The van der Waals surface area contributed by atoms with Crippen LogP contribution >= 0.6 is 12.2 Å². The highest BCUT2D eigenvalue weighted by molar-refractivity contribution is 7.80. The standard InChI is InChI=1S/C22H31N3O5S/c1-3-5-13-29-17-9-7-16(8-10-17)20(27)24-22(31)25-12-11-23-21(28)18(25)15-19(26)30-14-6-4-2/h7-10,18H,3-6,11-15H2,1-2H3,(H,23,28)(H,24,27,31). The number of amides is 2. The summed E-state index contributed by atoms with van der Waals surface area (Å²) in [7, 11) is 0. The van der Waals surface area contributed by atoms with Crippen molar-refractivity contribution in [1.82, 2.24) is 15.5 Å². The molecule has 0 spiro atoms. The van der Waals surface area contributed by atoms with Crippen molar-refractivity contribution in [3.05, 3.63) is 29.8 Å². The monoisotopic (exact) mass is 449 g/mol. The van der Waals surface area contributed by atoms with Gasteiger partial charge in [-0.1, -0.05) is 26.7 Å². The molecule has 2 N–H and O–H groups in total. The Balaban J connectivity index is 1.95. The molecule has 0 aliphatic carbocycles. The Bertz CT molecular complexity index is 769. The summed E-state index contributed by atoms with van der Waals surface area (Å²) in [6, 6.07) is 5.97. The minimum atomic E-state index is -0.815. The summed E-state index contributed by atoms with van der Waals surface area (Å²) in [5.74, 6) is -0.473. The number of nitrogens with one attached hydrogen (secondary N) is 2. The second kappa shape index (κ2) is 12.9. The summed E-state index contributed by atoms with van der Waals surface area (Å²) in [5, 5.41) is 5.49. The molecule has 2 amide bonds. The van der Waals surface area contributed by atoms with Gasteiger partial charge >= 0.3 is 5.97 Å². The summed E-state index contributed by atoms with van der Waals surface area (Å²) < 4.78 is 10.8. The first-order valence-electron chi connectivity index (χ1n) is 10.7. The van der Waals surface area contributed by atoms with Crippen molar-refractivity contribution in [1.29, 1.82) is 0 Å². The fraction of sp³-hybridized carbons (Fsp3) is 0.545. The molecule has 31 heavy (non-hydrogen) atoms. The topological polar surface area (TPSA) is 97.0 Å². The number of esters is 1. The molecule has 0 bridgehead atoms. The molecule has 1 fully saturated rings. The van der Waals surface area contributed by atoms with Crippen molar-refractivity contribution >= 4 is 35.1 Å². The Morgan fingerprint density at radius 3 is 2.52 bits per heavy atom. The van der Waals surface area contributed by atoms with Gasteiger partial charge in [0.25, 0.3) is 5.91 Å². The molecule has 0 radical (unpaired) electrons. The van der Waals surface area contributed by atoms with E-state index in [1.165, 1.54) is 0 Å². The van der Waals surface area contributed by atoms with Crippen molar-refractivity contribution < 1.29 is 23.9 Å². The third kappa shape index (κ3) is 7.82. The van der Waals surface area contributed by atoms with Crippen LogP contribution in [-0.2, 0) is 14.3 Å². The first-order chi connectivity index (χ1) is 15.0. The largest absolute Gasteiger partial charge is 0.494 e. The minimum absolute atomic E-state index is 0.106. The predicted octanol–water partition coefficient (Wildman–Crippen LogP) is 2.41. The lowest BCUT2D eigenvalue weighted by atomic mass is 10.1. The van der Waals surface area contributed by atoms with Gasteiger partial charge in [0.15, 0.2) is 5.11 Å². The van der Waals surface area contributed by atoms with E-state index in [9.17, 15) is 14.4 Å². The summed E-state index contributed by atoms with van der Waals surface area (Å²) in [5.41, 5.74) is 0.419. The first-order valence-corrected chi connectivity index (χ1v) is 11.1. The SMILES string of the molecule is CCCCOC(=O)CC1C(=O)NCCN1C(=S)NC(=O)c1ccc(OCCCC)cc1. The molecular weight excluding hydrogens is 418 g/mol. The number of carbonyl (C=O) groups excluding carboxylic acids is 3. The average molecular weight is 450 g/mol. The van der Waals surface area contributed by atoms with E-state index in [1.807, 2.05) is 6.92 Å². The predicted molar refractivity (Wildman–Crippen MR) is 121 cm³/mol. The van der Waals surface area contributed by atoms with Crippen LogP contribution < -0.4 is 15.4 Å². The van der Waals surface area contributed by atoms with Crippen molar-refractivity contribution in [2.75, 3.05) is 26.3 Å². The van der Waals surface area contributed by atoms with E-state index < -0.39 is 12.0 Å². The number of carbonyl (C=O) groups is 3. The molecule has 170 valence electrons. The van der Waals surface area contributed by atoms with Crippen LogP contribution in [0.3, 0.4) is 0 Å². The number of thiocarbonyl (C=S) groups is 1. The minimum Gasteiger partial charge on any atom is -0.494 e. The van der Waals surface area contributed by atoms with Gasteiger partial charge in [-0.2, -0.15) is 0 Å². The van der Waals surface area contributed by atoms with Crippen LogP contribution in [0.25, 0.3) is 0 Å². The third-order valence-corrected chi connectivity index (χ3v) is 5.15. The van der Waals surface area contributed by atoms with Crippen LogP contribution in [0.5, 0.6) is 5.75 Å². The lowest BCUT2D eigenvalue weighted by molar-refractivity contribution is -0.147. The van der Waals surface area contributed by atoms with E-state index in [0.29, 0.717) is 37.6 Å². The Morgan fingerprint density at radius 2 is 1.84 bits per heavy atom. The second-order valence-corrected chi connectivity index (χ2v) is 7.65. The van der Waals surface area contributed by atoms with Gasteiger partial charge in [0.05, 0.1) is 19.6 Å².